The Kier molecular flexibility index (Phi) is 3.37. The molecule has 3 rings (SSSR count). The molecule has 1 aliphatic rings. The van der Waals surface area contributed by atoms with Crippen LogP contribution < -0.4 is 14.8 Å². The lowest BCUT2D eigenvalue weighted by Gasteiger charge is -2.21. The van der Waals surface area contributed by atoms with Crippen molar-refractivity contribution >= 4 is 0 Å². The van der Waals surface area contributed by atoms with E-state index in [0.29, 0.717) is 13.2 Å². The first-order valence-electron chi connectivity index (χ1n) is 6.44. The first kappa shape index (κ1) is 12.0. The van der Waals surface area contributed by atoms with Crippen molar-refractivity contribution in [3.63, 3.8) is 0 Å². The first-order chi connectivity index (χ1) is 9.34. The van der Waals surface area contributed by atoms with Crippen LogP contribution in [0.2, 0.25) is 0 Å². The Morgan fingerprint density at radius 3 is 3.11 bits per heavy atom. The molecule has 0 aliphatic carbocycles. The number of fused-ring (bicyclic) bond motifs is 1. The fourth-order valence-electron chi connectivity index (χ4n) is 2.15. The van der Waals surface area contributed by atoms with Crippen LogP contribution in [-0.4, -0.2) is 23.4 Å². The van der Waals surface area contributed by atoms with Gasteiger partial charge >= 0.3 is 0 Å². The van der Waals surface area contributed by atoms with Crippen molar-refractivity contribution in [1.29, 1.82) is 0 Å². The maximum Gasteiger partial charge on any atom is 0.165 e. The fraction of sp³-hybridized carbons (Fsp3) is 0.357. The number of para-hydroxylation sites is 1. The van der Waals surface area contributed by atoms with Gasteiger partial charge in [0.25, 0.3) is 0 Å². The Labute approximate surface area is 111 Å². The largest absolute Gasteiger partial charge is 0.486 e. The van der Waals surface area contributed by atoms with Gasteiger partial charge in [0.15, 0.2) is 11.5 Å². The van der Waals surface area contributed by atoms with E-state index in [2.05, 4.69) is 28.5 Å². The number of nitrogens with zero attached hydrogens (tertiary/aromatic N) is 1. The number of aromatic amines is 1. The fourth-order valence-corrected chi connectivity index (χ4v) is 2.15. The Morgan fingerprint density at radius 1 is 1.37 bits per heavy atom. The molecule has 0 saturated heterocycles. The molecule has 2 N–H and O–H groups in total. The lowest BCUT2D eigenvalue weighted by molar-refractivity contribution is 0.169. The van der Waals surface area contributed by atoms with Crippen molar-refractivity contribution in [1.82, 2.24) is 15.5 Å². The number of rotatable bonds is 4. The van der Waals surface area contributed by atoms with Gasteiger partial charge in [-0.3, -0.25) is 5.10 Å². The van der Waals surface area contributed by atoms with Gasteiger partial charge in [-0.15, -0.1) is 0 Å². The molecule has 1 aromatic carbocycles. The molecule has 1 atom stereocenters. The Morgan fingerprint density at radius 2 is 2.26 bits per heavy atom. The van der Waals surface area contributed by atoms with E-state index in [9.17, 15) is 0 Å². The van der Waals surface area contributed by atoms with Crippen LogP contribution in [0.3, 0.4) is 0 Å². The molecular formula is C14H17N3O2. The molecule has 0 amide bonds. The summed E-state index contributed by atoms with van der Waals surface area (Å²) in [6, 6.07) is 6.23. The second kappa shape index (κ2) is 5.32. The molecule has 5 nitrogen and oxygen atoms in total. The van der Waals surface area contributed by atoms with Crippen LogP contribution in [-0.2, 0) is 6.54 Å². The summed E-state index contributed by atoms with van der Waals surface area (Å²) in [6.45, 7) is 4.08. The molecule has 19 heavy (non-hydrogen) atoms. The van der Waals surface area contributed by atoms with Crippen molar-refractivity contribution in [2.45, 2.75) is 19.5 Å². The number of nitrogens with one attached hydrogen (secondary N) is 2. The normalized spacial score (nSPS) is 15.2. The predicted molar refractivity (Wildman–Crippen MR) is 71.3 cm³/mol. The molecule has 0 fully saturated rings. The van der Waals surface area contributed by atoms with Crippen LogP contribution in [0, 0.1) is 0 Å². The molecule has 0 bridgehead atoms. The second-order valence-corrected chi connectivity index (χ2v) is 4.58. The lowest BCUT2D eigenvalue weighted by Crippen LogP contribution is -2.21. The summed E-state index contributed by atoms with van der Waals surface area (Å²) in [5, 5.41) is 10.2. The highest BCUT2D eigenvalue weighted by Crippen LogP contribution is 2.33. The van der Waals surface area contributed by atoms with E-state index < -0.39 is 0 Å². The molecule has 2 heterocycles. The monoisotopic (exact) mass is 259 g/mol. The third kappa shape index (κ3) is 2.56. The van der Waals surface area contributed by atoms with Gasteiger partial charge in [-0.25, -0.2) is 0 Å². The van der Waals surface area contributed by atoms with Gasteiger partial charge in [0, 0.05) is 29.9 Å². The Bertz CT molecular complexity index is 540. The van der Waals surface area contributed by atoms with Crippen LogP contribution in [0.4, 0.5) is 0 Å². The quantitative estimate of drug-likeness (QED) is 0.882. The zero-order chi connectivity index (χ0) is 13.1. The summed E-state index contributed by atoms with van der Waals surface area (Å²) in [6.07, 6.45) is 3.73. The van der Waals surface area contributed by atoms with E-state index in [1.165, 1.54) is 0 Å². The molecule has 100 valence electrons. The average Bonchev–Trinajstić information content (AvgIpc) is 2.99. The second-order valence-electron chi connectivity index (χ2n) is 4.58. The van der Waals surface area contributed by atoms with Gasteiger partial charge in [0.05, 0.1) is 6.20 Å². The van der Waals surface area contributed by atoms with Gasteiger partial charge in [0.1, 0.15) is 13.2 Å². The lowest BCUT2D eigenvalue weighted by atomic mass is 10.1. The minimum absolute atomic E-state index is 0.235. The first-order valence-corrected chi connectivity index (χ1v) is 6.44. The molecule has 5 heteroatoms. The van der Waals surface area contributed by atoms with Crippen LogP contribution in [0.1, 0.15) is 24.1 Å². The highest BCUT2D eigenvalue weighted by Gasteiger charge is 2.16. The molecule has 2 aromatic rings. The summed E-state index contributed by atoms with van der Waals surface area (Å²) in [4.78, 5) is 0. The van der Waals surface area contributed by atoms with Gasteiger partial charge in [-0.1, -0.05) is 12.1 Å². The van der Waals surface area contributed by atoms with Crippen LogP contribution >= 0.6 is 0 Å². The van der Waals surface area contributed by atoms with E-state index in [4.69, 9.17) is 9.47 Å². The number of hydrogen-bond donors (Lipinski definition) is 2. The van der Waals surface area contributed by atoms with Gasteiger partial charge in [-0.05, 0) is 13.0 Å². The number of hydrogen-bond acceptors (Lipinski definition) is 4. The topological polar surface area (TPSA) is 59.2 Å². The summed E-state index contributed by atoms with van der Waals surface area (Å²) in [5.41, 5.74) is 2.26. The smallest absolute Gasteiger partial charge is 0.165 e. The predicted octanol–water partition coefficient (Wildman–Crippen LogP) is 2.03. The van der Waals surface area contributed by atoms with Crippen molar-refractivity contribution < 1.29 is 9.47 Å². The van der Waals surface area contributed by atoms with Crippen molar-refractivity contribution in [3.05, 3.63) is 41.7 Å². The zero-order valence-corrected chi connectivity index (χ0v) is 10.8. The molecule has 1 unspecified atom stereocenters. The summed E-state index contributed by atoms with van der Waals surface area (Å²) in [7, 11) is 0. The van der Waals surface area contributed by atoms with Gasteiger partial charge < -0.3 is 14.8 Å². The number of aromatic nitrogens is 2. The van der Waals surface area contributed by atoms with Crippen molar-refractivity contribution in [2.24, 2.45) is 0 Å². The van der Waals surface area contributed by atoms with Gasteiger partial charge in [-0.2, -0.15) is 5.10 Å². The van der Waals surface area contributed by atoms with Crippen molar-refractivity contribution in [3.8, 4) is 11.5 Å². The van der Waals surface area contributed by atoms with Crippen LogP contribution in [0.5, 0.6) is 11.5 Å². The standard InChI is InChI=1S/C14H17N3O2/c1-10(12-8-16-17-9-12)15-7-11-3-2-4-13-14(11)19-6-5-18-13/h2-4,8-10,15H,5-7H2,1H3,(H,16,17). The molecule has 1 aliphatic heterocycles. The van der Waals surface area contributed by atoms with E-state index in [1.54, 1.807) is 0 Å². The van der Waals surface area contributed by atoms with E-state index >= 15 is 0 Å². The van der Waals surface area contributed by atoms with E-state index in [-0.39, 0.29) is 6.04 Å². The minimum Gasteiger partial charge on any atom is -0.486 e. The maximum absolute atomic E-state index is 5.69. The maximum atomic E-state index is 5.69. The number of H-pyrrole nitrogens is 1. The van der Waals surface area contributed by atoms with E-state index in [1.807, 2.05) is 24.5 Å². The summed E-state index contributed by atoms with van der Waals surface area (Å²) < 4.78 is 11.3. The third-order valence-electron chi connectivity index (χ3n) is 3.27. The number of benzene rings is 1. The zero-order valence-electron chi connectivity index (χ0n) is 10.8. The minimum atomic E-state index is 0.235. The molecule has 0 saturated carbocycles. The SMILES string of the molecule is CC(NCc1cccc2c1OCCO2)c1cn[nH]c1. The summed E-state index contributed by atoms with van der Waals surface area (Å²) in [5.74, 6) is 1.70. The molecule has 0 radical (unpaired) electrons. The molecule has 0 spiro atoms. The van der Waals surface area contributed by atoms with Crippen LogP contribution in [0.25, 0.3) is 0 Å². The van der Waals surface area contributed by atoms with Crippen molar-refractivity contribution in [2.75, 3.05) is 13.2 Å². The highest BCUT2D eigenvalue weighted by molar-refractivity contribution is 5.47. The average molecular weight is 259 g/mol. The van der Waals surface area contributed by atoms with Crippen LogP contribution in [0.15, 0.2) is 30.6 Å². The Hall–Kier alpha value is -2.01. The molecular weight excluding hydrogens is 242 g/mol. The van der Waals surface area contributed by atoms with E-state index in [0.717, 1.165) is 29.2 Å². The summed E-state index contributed by atoms with van der Waals surface area (Å²) >= 11 is 0. The Balaban J connectivity index is 1.70. The number of ether oxygens (including phenoxy) is 2. The third-order valence-corrected chi connectivity index (χ3v) is 3.27. The van der Waals surface area contributed by atoms with Gasteiger partial charge in [0.2, 0.25) is 0 Å². The molecule has 1 aromatic heterocycles. The highest BCUT2D eigenvalue weighted by atomic mass is 16.6.